The van der Waals surface area contributed by atoms with E-state index in [9.17, 15) is 19.6 Å². The topological polar surface area (TPSA) is 124 Å². The Kier molecular flexibility index (Phi) is 8.15. The van der Waals surface area contributed by atoms with Crippen molar-refractivity contribution in [1.29, 1.82) is 0 Å². The van der Waals surface area contributed by atoms with Gasteiger partial charge in [0.25, 0.3) is 0 Å². The van der Waals surface area contributed by atoms with Crippen LogP contribution in [0.1, 0.15) is 25.0 Å². The van der Waals surface area contributed by atoms with Gasteiger partial charge in [-0.2, -0.15) is 0 Å². The summed E-state index contributed by atoms with van der Waals surface area (Å²) in [6.45, 7) is 2.77. The Morgan fingerprint density at radius 2 is 1.71 bits per heavy atom. The third-order valence-electron chi connectivity index (χ3n) is 6.69. The average Bonchev–Trinajstić information content (AvgIpc) is 2.92. The van der Waals surface area contributed by atoms with Gasteiger partial charge in [0.1, 0.15) is 6.10 Å². The molecular formula is C25H31N5O5. The van der Waals surface area contributed by atoms with Crippen LogP contribution < -0.4 is 15.7 Å². The molecule has 4 rings (SSSR count). The van der Waals surface area contributed by atoms with Crippen molar-refractivity contribution in [2.24, 2.45) is 11.8 Å². The Morgan fingerprint density at radius 1 is 0.971 bits per heavy atom. The van der Waals surface area contributed by atoms with Gasteiger partial charge < -0.3 is 19.9 Å². The second-order valence-electron chi connectivity index (χ2n) is 8.85. The Hall–Kier alpha value is -3.66. The van der Waals surface area contributed by atoms with Crippen LogP contribution in [-0.4, -0.2) is 65.3 Å². The van der Waals surface area contributed by atoms with Crippen molar-refractivity contribution < 1.29 is 24.3 Å². The van der Waals surface area contributed by atoms with E-state index in [1.807, 2.05) is 36.4 Å². The number of pyridine rings is 1. The standard InChI is InChI=1S/C25H31N5O5/c31-23(28-34)22-16-20(35-25(33)27-17-18-6-4-5-11-26-18)9-10-21(22)24(32)30-14-12-29(13-15-30)19-7-2-1-3-8-19/h1-8,11,20-22,34H,9-10,12-17H2,(H,27,33)(H,28,31)/t20-,21+,22+/m1/s1. The number of hydrogen-bond donors (Lipinski definition) is 3. The van der Waals surface area contributed by atoms with E-state index < -0.39 is 29.9 Å². The SMILES string of the molecule is O=C(NCc1ccccn1)O[C@@H]1CC[C@H](C(=O)N2CCN(c3ccccc3)CC2)[C@@H](C(=O)NO)C1. The Bertz CT molecular complexity index is 998. The van der Waals surface area contributed by atoms with Gasteiger partial charge in [0.15, 0.2) is 0 Å². The van der Waals surface area contributed by atoms with Crippen LogP contribution in [0.15, 0.2) is 54.7 Å². The summed E-state index contributed by atoms with van der Waals surface area (Å²) < 4.78 is 5.50. The molecule has 10 heteroatoms. The first-order valence-electron chi connectivity index (χ1n) is 11.9. The fraction of sp³-hybridized carbons (Fsp3) is 0.440. The van der Waals surface area contributed by atoms with Crippen LogP contribution in [0.25, 0.3) is 0 Å². The Labute approximate surface area is 204 Å². The van der Waals surface area contributed by atoms with E-state index in [2.05, 4.69) is 15.2 Å². The number of benzene rings is 1. The highest BCUT2D eigenvalue weighted by molar-refractivity contribution is 5.87. The van der Waals surface area contributed by atoms with E-state index >= 15 is 0 Å². The van der Waals surface area contributed by atoms with Crippen LogP contribution in [0.2, 0.25) is 0 Å². The fourth-order valence-corrected chi connectivity index (χ4v) is 4.82. The van der Waals surface area contributed by atoms with E-state index in [0.717, 1.165) is 5.69 Å². The summed E-state index contributed by atoms with van der Waals surface area (Å²) in [5, 5.41) is 11.9. The molecule has 1 aliphatic carbocycles. The summed E-state index contributed by atoms with van der Waals surface area (Å²) in [6.07, 6.45) is 1.54. The lowest BCUT2D eigenvalue weighted by Gasteiger charge is -2.40. The second-order valence-corrected chi connectivity index (χ2v) is 8.85. The van der Waals surface area contributed by atoms with Crippen LogP contribution in [0, 0.1) is 11.8 Å². The summed E-state index contributed by atoms with van der Waals surface area (Å²) in [5.74, 6) is -2.07. The van der Waals surface area contributed by atoms with Crippen molar-refractivity contribution in [2.75, 3.05) is 31.1 Å². The number of alkyl carbamates (subject to hydrolysis) is 1. The van der Waals surface area contributed by atoms with Gasteiger partial charge in [-0.3, -0.25) is 19.8 Å². The predicted molar refractivity (Wildman–Crippen MR) is 127 cm³/mol. The van der Waals surface area contributed by atoms with Gasteiger partial charge in [-0.1, -0.05) is 24.3 Å². The third-order valence-corrected chi connectivity index (χ3v) is 6.69. The quantitative estimate of drug-likeness (QED) is 0.426. The van der Waals surface area contributed by atoms with Crippen LogP contribution in [0.4, 0.5) is 10.5 Å². The molecule has 1 aromatic carbocycles. The minimum atomic E-state index is -0.776. The van der Waals surface area contributed by atoms with E-state index in [4.69, 9.17) is 4.74 Å². The second kappa shape index (κ2) is 11.7. The normalized spacial score (nSPS) is 22.3. The number of nitrogens with zero attached hydrogens (tertiary/aromatic N) is 3. The average molecular weight is 482 g/mol. The molecule has 1 aromatic heterocycles. The van der Waals surface area contributed by atoms with Crippen LogP contribution in [-0.2, 0) is 20.9 Å². The molecular weight excluding hydrogens is 450 g/mol. The summed E-state index contributed by atoms with van der Waals surface area (Å²) in [5.41, 5.74) is 3.51. The fourth-order valence-electron chi connectivity index (χ4n) is 4.82. The van der Waals surface area contributed by atoms with Crippen molar-refractivity contribution in [1.82, 2.24) is 20.7 Å². The number of piperazine rings is 1. The maximum atomic E-state index is 13.3. The van der Waals surface area contributed by atoms with Crippen molar-refractivity contribution in [3.8, 4) is 0 Å². The van der Waals surface area contributed by atoms with E-state index in [1.54, 1.807) is 28.7 Å². The molecule has 2 heterocycles. The van der Waals surface area contributed by atoms with Crippen LogP contribution in [0.3, 0.4) is 0 Å². The van der Waals surface area contributed by atoms with E-state index in [-0.39, 0.29) is 18.9 Å². The first kappa shape index (κ1) is 24.5. The number of anilines is 1. The molecule has 2 aliphatic rings. The number of rotatable bonds is 6. The lowest BCUT2D eigenvalue weighted by molar-refractivity contribution is -0.149. The number of hydrogen-bond acceptors (Lipinski definition) is 7. The number of hydroxylamine groups is 1. The van der Waals surface area contributed by atoms with Gasteiger partial charge in [0.05, 0.1) is 24.1 Å². The van der Waals surface area contributed by atoms with Crippen LogP contribution in [0.5, 0.6) is 0 Å². The van der Waals surface area contributed by atoms with Gasteiger partial charge in [0.2, 0.25) is 11.8 Å². The predicted octanol–water partition coefficient (Wildman–Crippen LogP) is 1.95. The lowest BCUT2D eigenvalue weighted by atomic mass is 9.76. The molecule has 2 aromatic rings. The molecule has 1 saturated heterocycles. The molecule has 0 radical (unpaired) electrons. The van der Waals surface area contributed by atoms with Gasteiger partial charge in [-0.15, -0.1) is 0 Å². The lowest BCUT2D eigenvalue weighted by Crippen LogP contribution is -2.53. The summed E-state index contributed by atoms with van der Waals surface area (Å²) in [4.78, 5) is 46.2. The zero-order valence-electron chi connectivity index (χ0n) is 19.5. The molecule has 0 spiro atoms. The molecule has 10 nitrogen and oxygen atoms in total. The number of para-hydroxylation sites is 1. The number of ether oxygens (including phenoxy) is 1. The molecule has 186 valence electrons. The first-order valence-corrected chi connectivity index (χ1v) is 11.9. The minimum absolute atomic E-state index is 0.0932. The summed E-state index contributed by atoms with van der Waals surface area (Å²) in [6, 6.07) is 15.5. The highest BCUT2D eigenvalue weighted by atomic mass is 16.6. The molecule has 3 amide bonds. The maximum absolute atomic E-state index is 13.3. The molecule has 0 unspecified atom stereocenters. The Morgan fingerprint density at radius 3 is 2.40 bits per heavy atom. The molecule has 3 atom stereocenters. The molecule has 2 fully saturated rings. The molecule has 0 bridgehead atoms. The first-order chi connectivity index (χ1) is 17.0. The Balaban J connectivity index is 1.31. The summed E-state index contributed by atoms with van der Waals surface area (Å²) >= 11 is 0. The van der Waals surface area contributed by atoms with Crippen LogP contribution >= 0.6 is 0 Å². The highest BCUT2D eigenvalue weighted by Gasteiger charge is 2.42. The largest absolute Gasteiger partial charge is 0.446 e. The minimum Gasteiger partial charge on any atom is -0.446 e. The number of carbonyl (C=O) groups excluding carboxylic acids is 3. The van der Waals surface area contributed by atoms with Crippen molar-refractivity contribution in [2.45, 2.75) is 31.9 Å². The van der Waals surface area contributed by atoms with Crippen molar-refractivity contribution in [3.05, 3.63) is 60.4 Å². The molecule has 3 N–H and O–H groups in total. The van der Waals surface area contributed by atoms with Gasteiger partial charge in [-0.25, -0.2) is 10.3 Å². The van der Waals surface area contributed by atoms with Crippen molar-refractivity contribution >= 4 is 23.6 Å². The zero-order chi connectivity index (χ0) is 24.6. The zero-order valence-corrected chi connectivity index (χ0v) is 19.5. The highest BCUT2D eigenvalue weighted by Crippen LogP contribution is 2.34. The van der Waals surface area contributed by atoms with E-state index in [0.29, 0.717) is 44.7 Å². The van der Waals surface area contributed by atoms with Gasteiger partial charge >= 0.3 is 6.09 Å². The van der Waals surface area contributed by atoms with Gasteiger partial charge in [-0.05, 0) is 43.5 Å². The molecule has 1 aliphatic heterocycles. The molecule has 35 heavy (non-hydrogen) atoms. The number of nitrogens with one attached hydrogen (secondary N) is 2. The number of aromatic nitrogens is 1. The maximum Gasteiger partial charge on any atom is 0.407 e. The number of carbonyl (C=O) groups is 3. The van der Waals surface area contributed by atoms with Crippen molar-refractivity contribution in [3.63, 3.8) is 0 Å². The van der Waals surface area contributed by atoms with E-state index in [1.165, 1.54) is 0 Å². The summed E-state index contributed by atoms with van der Waals surface area (Å²) in [7, 11) is 0. The molecule has 1 saturated carbocycles. The number of amides is 3. The monoisotopic (exact) mass is 481 g/mol. The smallest absolute Gasteiger partial charge is 0.407 e. The third kappa shape index (κ3) is 6.27. The van der Waals surface area contributed by atoms with Gasteiger partial charge in [0, 0.05) is 38.1 Å².